The van der Waals surface area contributed by atoms with Crippen molar-refractivity contribution >= 4 is 46.2 Å². The lowest BCUT2D eigenvalue weighted by Gasteiger charge is -2.22. The summed E-state index contributed by atoms with van der Waals surface area (Å²) in [6.07, 6.45) is -0.685. The molecule has 0 aliphatic heterocycles. The third-order valence-electron chi connectivity index (χ3n) is 6.04. The van der Waals surface area contributed by atoms with Crippen LogP contribution in [0.15, 0.2) is 66.7 Å². The molecule has 0 unspecified atom stereocenters. The molecule has 1 aliphatic rings. The summed E-state index contributed by atoms with van der Waals surface area (Å²) >= 11 is 2.02. The average molecular weight is 584 g/mol. The molecule has 0 fully saturated rings. The summed E-state index contributed by atoms with van der Waals surface area (Å²) in [5, 5.41) is 14.6. The number of benzene rings is 3. The lowest BCUT2D eigenvalue weighted by atomic mass is 9.98. The van der Waals surface area contributed by atoms with E-state index in [1.807, 2.05) is 72.8 Å². The molecule has 180 valence electrons. The number of alkyl carbamates (subject to hydrolysis) is 1. The largest absolute Gasteiger partial charge is 0.478 e. The van der Waals surface area contributed by atoms with Gasteiger partial charge in [0, 0.05) is 9.49 Å². The summed E-state index contributed by atoms with van der Waals surface area (Å²) < 4.78 is 6.27. The minimum Gasteiger partial charge on any atom is -0.478 e. The van der Waals surface area contributed by atoms with E-state index < -0.39 is 24.0 Å². The van der Waals surface area contributed by atoms with Crippen LogP contribution in [0.4, 0.5) is 10.5 Å². The predicted molar refractivity (Wildman–Crippen MR) is 142 cm³/mol. The molecule has 0 aromatic heterocycles. The SMILES string of the molecule is CC(C)[C@@H](NC(=O)OCC1c2ccccc2-c2ccccc21)C(=O)Nc1cc(C(=O)O)ccc1I. The number of carbonyl (C=O) groups is 3. The summed E-state index contributed by atoms with van der Waals surface area (Å²) in [6, 6.07) is 19.7. The molecule has 3 N–H and O–H groups in total. The van der Waals surface area contributed by atoms with Gasteiger partial charge in [0.1, 0.15) is 12.6 Å². The van der Waals surface area contributed by atoms with Crippen molar-refractivity contribution in [1.82, 2.24) is 5.32 Å². The number of halogens is 1. The van der Waals surface area contributed by atoms with Crippen LogP contribution in [0.3, 0.4) is 0 Å². The minimum absolute atomic E-state index is 0.0614. The van der Waals surface area contributed by atoms with Crippen LogP contribution in [-0.4, -0.2) is 35.7 Å². The van der Waals surface area contributed by atoms with Crippen LogP contribution >= 0.6 is 22.6 Å². The maximum atomic E-state index is 13.0. The van der Waals surface area contributed by atoms with Gasteiger partial charge < -0.3 is 20.5 Å². The molecular weight excluding hydrogens is 559 g/mol. The van der Waals surface area contributed by atoms with Crippen LogP contribution in [0, 0.1) is 9.49 Å². The van der Waals surface area contributed by atoms with Crippen molar-refractivity contribution < 1.29 is 24.2 Å². The van der Waals surface area contributed by atoms with Crippen molar-refractivity contribution in [3.05, 3.63) is 87.0 Å². The number of carboxylic acid groups (broad SMARTS) is 1. The fourth-order valence-electron chi connectivity index (χ4n) is 4.27. The Kier molecular flexibility index (Phi) is 7.39. The normalized spacial score (nSPS) is 13.0. The molecule has 0 heterocycles. The van der Waals surface area contributed by atoms with Gasteiger partial charge in [0.2, 0.25) is 5.91 Å². The highest BCUT2D eigenvalue weighted by molar-refractivity contribution is 14.1. The second kappa shape index (κ2) is 10.5. The molecule has 0 spiro atoms. The second-order valence-electron chi connectivity index (χ2n) is 8.68. The van der Waals surface area contributed by atoms with Gasteiger partial charge >= 0.3 is 12.1 Å². The van der Waals surface area contributed by atoms with E-state index >= 15 is 0 Å². The van der Waals surface area contributed by atoms with Gasteiger partial charge in [-0.15, -0.1) is 0 Å². The Labute approximate surface area is 217 Å². The summed E-state index contributed by atoms with van der Waals surface area (Å²) in [5.41, 5.74) is 4.91. The Hall–Kier alpha value is -3.40. The number of amides is 2. The number of anilines is 1. The van der Waals surface area contributed by atoms with Crippen LogP contribution in [0.1, 0.15) is 41.3 Å². The quantitative estimate of drug-likeness (QED) is 0.319. The molecule has 0 bridgehead atoms. The van der Waals surface area contributed by atoms with Crippen LogP contribution < -0.4 is 10.6 Å². The van der Waals surface area contributed by atoms with Gasteiger partial charge in [0.25, 0.3) is 0 Å². The number of hydrogen-bond donors (Lipinski definition) is 3. The van der Waals surface area contributed by atoms with E-state index in [0.717, 1.165) is 22.3 Å². The lowest BCUT2D eigenvalue weighted by molar-refractivity contribution is -0.119. The fraction of sp³-hybridized carbons (Fsp3) is 0.222. The summed E-state index contributed by atoms with van der Waals surface area (Å²) in [4.78, 5) is 37.0. The lowest BCUT2D eigenvalue weighted by Crippen LogP contribution is -2.47. The molecule has 0 saturated heterocycles. The van der Waals surface area contributed by atoms with E-state index in [1.54, 1.807) is 6.07 Å². The molecule has 1 atom stereocenters. The molecule has 0 radical (unpaired) electrons. The highest BCUT2D eigenvalue weighted by Crippen LogP contribution is 2.44. The van der Waals surface area contributed by atoms with Gasteiger partial charge in [-0.2, -0.15) is 0 Å². The molecule has 7 nitrogen and oxygen atoms in total. The van der Waals surface area contributed by atoms with E-state index in [2.05, 4.69) is 22.8 Å². The zero-order chi connectivity index (χ0) is 25.1. The van der Waals surface area contributed by atoms with Crippen LogP contribution in [0.25, 0.3) is 11.1 Å². The number of carboxylic acids is 1. The van der Waals surface area contributed by atoms with E-state index in [-0.39, 0.29) is 24.0 Å². The minimum atomic E-state index is -1.09. The number of rotatable bonds is 7. The highest BCUT2D eigenvalue weighted by atomic mass is 127. The van der Waals surface area contributed by atoms with Crippen LogP contribution in [0.5, 0.6) is 0 Å². The van der Waals surface area contributed by atoms with Gasteiger partial charge in [-0.05, 0) is 69.0 Å². The Bertz CT molecular complexity index is 1240. The second-order valence-corrected chi connectivity index (χ2v) is 9.84. The first-order chi connectivity index (χ1) is 16.8. The molecule has 3 aromatic carbocycles. The number of nitrogens with one attached hydrogen (secondary N) is 2. The monoisotopic (exact) mass is 584 g/mol. The Balaban J connectivity index is 1.43. The van der Waals surface area contributed by atoms with Crippen molar-refractivity contribution in [2.45, 2.75) is 25.8 Å². The molecule has 2 amide bonds. The van der Waals surface area contributed by atoms with Crippen LogP contribution in [-0.2, 0) is 9.53 Å². The zero-order valence-corrected chi connectivity index (χ0v) is 21.4. The Morgan fingerprint density at radius 3 is 2.14 bits per heavy atom. The van der Waals surface area contributed by atoms with Crippen molar-refractivity contribution in [3.8, 4) is 11.1 Å². The van der Waals surface area contributed by atoms with Gasteiger partial charge in [0.05, 0.1) is 11.3 Å². The number of fused-ring (bicyclic) bond motifs is 3. The number of carbonyl (C=O) groups excluding carboxylic acids is 2. The van der Waals surface area contributed by atoms with Gasteiger partial charge in [0.15, 0.2) is 0 Å². The molecule has 1 aliphatic carbocycles. The summed E-state index contributed by atoms with van der Waals surface area (Å²) in [7, 11) is 0. The van der Waals surface area contributed by atoms with Crippen molar-refractivity contribution in [2.24, 2.45) is 5.92 Å². The summed E-state index contributed by atoms with van der Waals surface area (Å²) in [6.45, 7) is 3.77. The predicted octanol–water partition coefficient (Wildman–Crippen LogP) is 5.49. The number of aromatic carboxylic acids is 1. The van der Waals surface area contributed by atoms with E-state index in [4.69, 9.17) is 4.74 Å². The Morgan fingerprint density at radius 1 is 0.971 bits per heavy atom. The fourth-order valence-corrected chi connectivity index (χ4v) is 4.74. The van der Waals surface area contributed by atoms with Gasteiger partial charge in [-0.3, -0.25) is 4.79 Å². The first-order valence-electron chi connectivity index (χ1n) is 11.2. The maximum Gasteiger partial charge on any atom is 0.407 e. The smallest absolute Gasteiger partial charge is 0.407 e. The average Bonchev–Trinajstić information content (AvgIpc) is 3.16. The third kappa shape index (κ3) is 5.32. The number of ether oxygens (including phenoxy) is 1. The first-order valence-corrected chi connectivity index (χ1v) is 12.3. The van der Waals surface area contributed by atoms with E-state index in [1.165, 1.54) is 12.1 Å². The first kappa shape index (κ1) is 24.7. The van der Waals surface area contributed by atoms with Crippen molar-refractivity contribution in [3.63, 3.8) is 0 Å². The standard InChI is InChI=1S/C27H25IN2O5/c1-15(2)24(25(31)29-23-13-16(26(32)33)11-12-22(23)28)30-27(34)35-14-21-19-9-5-3-7-17(19)18-8-4-6-10-20(18)21/h3-13,15,21,24H,14H2,1-2H3,(H,29,31)(H,30,34)(H,32,33)/t24-/m1/s1. The number of hydrogen-bond acceptors (Lipinski definition) is 4. The van der Waals surface area contributed by atoms with Gasteiger partial charge in [-0.25, -0.2) is 9.59 Å². The molecule has 0 saturated carbocycles. The molecular formula is C27H25IN2O5. The molecule has 3 aromatic rings. The van der Waals surface area contributed by atoms with Crippen molar-refractivity contribution in [1.29, 1.82) is 0 Å². The highest BCUT2D eigenvalue weighted by Gasteiger charge is 2.30. The van der Waals surface area contributed by atoms with Crippen molar-refractivity contribution in [2.75, 3.05) is 11.9 Å². The third-order valence-corrected chi connectivity index (χ3v) is 6.98. The van der Waals surface area contributed by atoms with E-state index in [9.17, 15) is 19.5 Å². The maximum absolute atomic E-state index is 13.0. The van der Waals surface area contributed by atoms with Gasteiger partial charge in [-0.1, -0.05) is 62.4 Å². The summed E-state index contributed by atoms with van der Waals surface area (Å²) in [5.74, 6) is -1.85. The molecule has 4 rings (SSSR count). The van der Waals surface area contributed by atoms with E-state index in [0.29, 0.717) is 9.26 Å². The Morgan fingerprint density at radius 2 is 1.57 bits per heavy atom. The van der Waals surface area contributed by atoms with Crippen LogP contribution in [0.2, 0.25) is 0 Å². The topological polar surface area (TPSA) is 105 Å². The molecule has 8 heteroatoms. The zero-order valence-electron chi connectivity index (χ0n) is 19.2. The molecule has 35 heavy (non-hydrogen) atoms.